The maximum Gasteiger partial charge on any atom is 0.131 e. The number of ether oxygens (including phenoxy) is 1. The highest BCUT2D eigenvalue weighted by atomic mass is 35.5. The van der Waals surface area contributed by atoms with Crippen molar-refractivity contribution in [3.05, 3.63) is 53.2 Å². The second-order valence-corrected chi connectivity index (χ2v) is 3.90. The molecule has 2 rings (SSSR count). The van der Waals surface area contributed by atoms with E-state index in [1.165, 1.54) is 0 Å². The van der Waals surface area contributed by atoms with Crippen LogP contribution < -0.4 is 10.1 Å². The molecule has 1 heterocycles. The summed E-state index contributed by atoms with van der Waals surface area (Å²) < 4.78 is 5.27. The van der Waals surface area contributed by atoms with Crippen LogP contribution in [0.2, 0.25) is 5.15 Å². The van der Waals surface area contributed by atoms with Gasteiger partial charge in [-0.1, -0.05) is 35.9 Å². The number of nitrogens with zero attached hydrogens (tertiary/aromatic N) is 1. The Morgan fingerprint density at radius 2 is 2.00 bits per heavy atom. The largest absolute Gasteiger partial charge is 0.496 e. The smallest absolute Gasteiger partial charge is 0.131 e. The van der Waals surface area contributed by atoms with Gasteiger partial charge in [0.1, 0.15) is 16.7 Å². The van der Waals surface area contributed by atoms with E-state index in [1.54, 1.807) is 13.2 Å². The van der Waals surface area contributed by atoms with E-state index in [0.29, 0.717) is 11.7 Å². The topological polar surface area (TPSA) is 34.1 Å². The first-order valence-electron chi connectivity index (χ1n) is 5.28. The van der Waals surface area contributed by atoms with Crippen LogP contribution in [0.3, 0.4) is 0 Å². The zero-order valence-electron chi connectivity index (χ0n) is 9.48. The van der Waals surface area contributed by atoms with Crippen LogP contribution in [0.15, 0.2) is 42.5 Å². The van der Waals surface area contributed by atoms with Crippen LogP contribution in [0.1, 0.15) is 5.56 Å². The molecule has 0 saturated heterocycles. The summed E-state index contributed by atoms with van der Waals surface area (Å²) in [6.07, 6.45) is 0. The Kier molecular flexibility index (Phi) is 3.83. The molecule has 1 aromatic heterocycles. The monoisotopic (exact) mass is 248 g/mol. The van der Waals surface area contributed by atoms with Crippen molar-refractivity contribution in [2.45, 2.75) is 6.54 Å². The average Bonchev–Trinajstić information content (AvgIpc) is 2.37. The van der Waals surface area contributed by atoms with Gasteiger partial charge in [-0.05, 0) is 18.2 Å². The maximum atomic E-state index is 5.81. The molecule has 0 radical (unpaired) electrons. The number of nitrogens with one attached hydrogen (secondary N) is 1. The quantitative estimate of drug-likeness (QED) is 0.843. The number of rotatable bonds is 4. The number of para-hydroxylation sites is 1. The van der Waals surface area contributed by atoms with Gasteiger partial charge < -0.3 is 10.1 Å². The summed E-state index contributed by atoms with van der Waals surface area (Å²) in [5.74, 6) is 1.62. The summed E-state index contributed by atoms with van der Waals surface area (Å²) in [6, 6.07) is 13.3. The Morgan fingerprint density at radius 3 is 2.76 bits per heavy atom. The average molecular weight is 249 g/mol. The molecule has 0 aliphatic heterocycles. The number of anilines is 1. The fraction of sp³-hybridized carbons (Fsp3) is 0.154. The number of methoxy groups -OCH3 is 1. The number of aromatic nitrogens is 1. The second kappa shape index (κ2) is 5.55. The molecule has 0 atom stereocenters. The third kappa shape index (κ3) is 3.11. The first kappa shape index (κ1) is 11.7. The minimum atomic E-state index is 0.482. The van der Waals surface area contributed by atoms with Gasteiger partial charge in [0.25, 0.3) is 0 Å². The normalized spacial score (nSPS) is 10.0. The summed E-state index contributed by atoms with van der Waals surface area (Å²) in [6.45, 7) is 0.650. The molecule has 0 saturated carbocycles. The molecule has 1 N–H and O–H groups in total. The van der Waals surface area contributed by atoms with E-state index in [-0.39, 0.29) is 0 Å². The molecule has 0 bridgehead atoms. The lowest BCUT2D eigenvalue weighted by molar-refractivity contribution is 0.410. The van der Waals surface area contributed by atoms with Gasteiger partial charge in [0.05, 0.1) is 7.11 Å². The molecule has 3 nitrogen and oxygen atoms in total. The van der Waals surface area contributed by atoms with Crippen molar-refractivity contribution >= 4 is 17.4 Å². The molecule has 0 aliphatic carbocycles. The fourth-order valence-corrected chi connectivity index (χ4v) is 1.71. The van der Waals surface area contributed by atoms with Crippen molar-refractivity contribution in [1.29, 1.82) is 0 Å². The Labute approximate surface area is 105 Å². The number of hydrogen-bond acceptors (Lipinski definition) is 3. The van der Waals surface area contributed by atoms with Gasteiger partial charge in [0.2, 0.25) is 0 Å². The number of halogens is 1. The van der Waals surface area contributed by atoms with E-state index in [2.05, 4.69) is 10.3 Å². The van der Waals surface area contributed by atoms with Crippen LogP contribution >= 0.6 is 11.6 Å². The molecule has 0 amide bonds. The first-order chi connectivity index (χ1) is 8.29. The highest BCUT2D eigenvalue weighted by Crippen LogP contribution is 2.18. The highest BCUT2D eigenvalue weighted by Gasteiger charge is 2.01. The number of benzene rings is 1. The minimum Gasteiger partial charge on any atom is -0.496 e. The molecular weight excluding hydrogens is 236 g/mol. The van der Waals surface area contributed by atoms with E-state index in [9.17, 15) is 0 Å². The van der Waals surface area contributed by atoms with Crippen LogP contribution in [0, 0.1) is 0 Å². The van der Waals surface area contributed by atoms with Gasteiger partial charge in [0, 0.05) is 12.1 Å². The molecule has 0 spiro atoms. The molecule has 0 fully saturated rings. The van der Waals surface area contributed by atoms with Crippen molar-refractivity contribution < 1.29 is 4.74 Å². The Hall–Kier alpha value is -1.74. The Morgan fingerprint density at radius 1 is 1.18 bits per heavy atom. The van der Waals surface area contributed by atoms with Gasteiger partial charge in [-0.15, -0.1) is 0 Å². The summed E-state index contributed by atoms with van der Waals surface area (Å²) >= 11 is 5.81. The van der Waals surface area contributed by atoms with Crippen molar-refractivity contribution in [2.75, 3.05) is 12.4 Å². The van der Waals surface area contributed by atoms with Crippen LogP contribution in [0.5, 0.6) is 5.75 Å². The van der Waals surface area contributed by atoms with Gasteiger partial charge >= 0.3 is 0 Å². The van der Waals surface area contributed by atoms with Crippen molar-refractivity contribution in [3.63, 3.8) is 0 Å². The van der Waals surface area contributed by atoms with E-state index in [4.69, 9.17) is 16.3 Å². The van der Waals surface area contributed by atoms with Crippen molar-refractivity contribution in [2.24, 2.45) is 0 Å². The van der Waals surface area contributed by atoms with E-state index < -0.39 is 0 Å². The maximum absolute atomic E-state index is 5.81. The lowest BCUT2D eigenvalue weighted by Crippen LogP contribution is -2.02. The predicted molar refractivity (Wildman–Crippen MR) is 69.6 cm³/mol. The Bertz CT molecular complexity index is 502. The van der Waals surface area contributed by atoms with Crippen LogP contribution in [-0.4, -0.2) is 12.1 Å². The second-order valence-electron chi connectivity index (χ2n) is 3.51. The van der Waals surface area contributed by atoms with Crippen LogP contribution in [0.4, 0.5) is 5.82 Å². The standard InChI is InChI=1S/C13H13ClN2O/c1-17-11-6-3-2-5-10(11)9-15-13-8-4-7-12(14)16-13/h2-8H,9H2,1H3,(H,15,16). The van der Waals surface area contributed by atoms with E-state index in [1.807, 2.05) is 36.4 Å². The van der Waals surface area contributed by atoms with Crippen LogP contribution in [-0.2, 0) is 6.54 Å². The summed E-state index contributed by atoms with van der Waals surface area (Å²) in [5.41, 5.74) is 1.08. The zero-order valence-corrected chi connectivity index (χ0v) is 10.2. The molecule has 17 heavy (non-hydrogen) atoms. The summed E-state index contributed by atoms with van der Waals surface area (Å²) in [7, 11) is 1.66. The van der Waals surface area contributed by atoms with Crippen molar-refractivity contribution in [1.82, 2.24) is 4.98 Å². The summed E-state index contributed by atoms with van der Waals surface area (Å²) in [4.78, 5) is 4.16. The molecular formula is C13H13ClN2O. The van der Waals surface area contributed by atoms with Gasteiger partial charge in [-0.2, -0.15) is 0 Å². The predicted octanol–water partition coefficient (Wildman–Crippen LogP) is 3.36. The Balaban J connectivity index is 2.07. The zero-order chi connectivity index (χ0) is 12.1. The molecule has 1 aromatic carbocycles. The van der Waals surface area contributed by atoms with Gasteiger partial charge in [-0.25, -0.2) is 4.98 Å². The molecule has 0 unspecified atom stereocenters. The summed E-state index contributed by atoms with van der Waals surface area (Å²) in [5, 5.41) is 3.68. The lowest BCUT2D eigenvalue weighted by Gasteiger charge is -2.09. The minimum absolute atomic E-state index is 0.482. The fourth-order valence-electron chi connectivity index (χ4n) is 1.54. The van der Waals surface area contributed by atoms with Crippen LogP contribution in [0.25, 0.3) is 0 Å². The first-order valence-corrected chi connectivity index (χ1v) is 5.66. The van der Waals surface area contributed by atoms with E-state index in [0.717, 1.165) is 17.1 Å². The SMILES string of the molecule is COc1ccccc1CNc1cccc(Cl)n1. The molecule has 4 heteroatoms. The molecule has 0 aliphatic rings. The third-order valence-electron chi connectivity index (χ3n) is 2.37. The van der Waals surface area contributed by atoms with Crippen molar-refractivity contribution in [3.8, 4) is 5.75 Å². The van der Waals surface area contributed by atoms with Gasteiger partial charge in [-0.3, -0.25) is 0 Å². The number of hydrogen-bond donors (Lipinski definition) is 1. The molecule has 88 valence electrons. The molecule has 2 aromatic rings. The highest BCUT2D eigenvalue weighted by molar-refractivity contribution is 6.29. The lowest BCUT2D eigenvalue weighted by atomic mass is 10.2. The third-order valence-corrected chi connectivity index (χ3v) is 2.58. The van der Waals surface area contributed by atoms with E-state index >= 15 is 0 Å². The van der Waals surface area contributed by atoms with Gasteiger partial charge in [0.15, 0.2) is 0 Å². The number of pyridine rings is 1.